The van der Waals surface area contributed by atoms with Crippen LogP contribution in [-0.4, -0.2) is 27.7 Å². The molecule has 1 aromatic carbocycles. The number of sulfonamides is 1. The minimum atomic E-state index is -3.60. The number of nitrogens with one attached hydrogen (secondary N) is 1. The average molecular weight is 298 g/mol. The lowest BCUT2D eigenvalue weighted by atomic mass is 9.65. The molecule has 0 aromatic heterocycles. The van der Waals surface area contributed by atoms with Crippen LogP contribution in [0.3, 0.4) is 0 Å². The summed E-state index contributed by atoms with van der Waals surface area (Å²) in [6.07, 6.45) is 0.750. The molecule has 20 heavy (non-hydrogen) atoms. The molecular weight excluding hydrogens is 276 g/mol. The van der Waals surface area contributed by atoms with E-state index in [0.29, 0.717) is 6.42 Å². The molecule has 5 nitrogen and oxygen atoms in total. The van der Waals surface area contributed by atoms with Crippen LogP contribution in [0, 0.1) is 12.3 Å². The van der Waals surface area contributed by atoms with E-state index in [0.717, 1.165) is 5.56 Å². The van der Waals surface area contributed by atoms with E-state index >= 15 is 0 Å². The zero-order valence-electron chi connectivity index (χ0n) is 12.3. The molecule has 1 aromatic rings. The van der Waals surface area contributed by atoms with Crippen molar-refractivity contribution in [3.8, 4) is 0 Å². The molecule has 0 bridgehead atoms. The quantitative estimate of drug-likeness (QED) is 0.829. The van der Waals surface area contributed by atoms with Crippen LogP contribution in [0.25, 0.3) is 0 Å². The maximum Gasteiger partial charge on any atom is 0.242 e. The van der Waals surface area contributed by atoms with Crippen LogP contribution < -0.4 is 10.5 Å². The SMILES string of the molecule is COC1CC(NS(=O)(=O)c2ccc(C)cc2N)C1(C)C. The molecule has 1 saturated carbocycles. The second-order valence-electron chi connectivity index (χ2n) is 6.00. The van der Waals surface area contributed by atoms with Gasteiger partial charge in [-0.05, 0) is 31.0 Å². The number of hydrogen-bond acceptors (Lipinski definition) is 4. The van der Waals surface area contributed by atoms with E-state index < -0.39 is 10.0 Å². The monoisotopic (exact) mass is 298 g/mol. The Hall–Kier alpha value is -1.11. The van der Waals surface area contributed by atoms with Gasteiger partial charge in [0.1, 0.15) is 4.90 Å². The molecule has 0 saturated heterocycles. The highest BCUT2D eigenvalue weighted by molar-refractivity contribution is 7.89. The summed E-state index contributed by atoms with van der Waals surface area (Å²) in [4.78, 5) is 0.139. The first-order chi connectivity index (χ1) is 9.18. The first-order valence-corrected chi connectivity index (χ1v) is 8.08. The summed E-state index contributed by atoms with van der Waals surface area (Å²) >= 11 is 0. The number of aryl methyl sites for hydroxylation is 1. The van der Waals surface area contributed by atoms with Crippen molar-refractivity contribution in [2.75, 3.05) is 12.8 Å². The highest BCUT2D eigenvalue weighted by atomic mass is 32.2. The topological polar surface area (TPSA) is 81.4 Å². The molecule has 0 heterocycles. The largest absolute Gasteiger partial charge is 0.398 e. The molecule has 1 aliphatic carbocycles. The molecule has 1 aliphatic rings. The highest BCUT2D eigenvalue weighted by Gasteiger charge is 2.50. The first kappa shape index (κ1) is 15.3. The molecule has 0 amide bonds. The van der Waals surface area contributed by atoms with Gasteiger partial charge in [-0.15, -0.1) is 0 Å². The molecule has 2 atom stereocenters. The fraction of sp³-hybridized carbons (Fsp3) is 0.571. The number of ether oxygens (including phenoxy) is 1. The normalized spacial score (nSPS) is 25.2. The molecule has 6 heteroatoms. The Balaban J connectivity index is 2.21. The number of nitrogen functional groups attached to an aromatic ring is 1. The summed E-state index contributed by atoms with van der Waals surface area (Å²) in [5.41, 5.74) is 6.81. The van der Waals surface area contributed by atoms with E-state index in [-0.39, 0.29) is 28.1 Å². The van der Waals surface area contributed by atoms with Gasteiger partial charge in [0.05, 0.1) is 11.8 Å². The standard InChI is InChI=1S/C14H22N2O3S/c1-9-5-6-11(10(15)7-9)20(17,18)16-12-8-13(19-4)14(12,2)3/h5-7,12-13,16H,8,15H2,1-4H3. The molecule has 0 spiro atoms. The van der Waals surface area contributed by atoms with Crippen LogP contribution >= 0.6 is 0 Å². The Kier molecular flexibility index (Phi) is 3.83. The Morgan fingerprint density at radius 3 is 2.55 bits per heavy atom. The Labute approximate surface area is 120 Å². The van der Waals surface area contributed by atoms with Gasteiger partial charge in [-0.25, -0.2) is 13.1 Å². The van der Waals surface area contributed by atoms with Crippen LogP contribution in [0.15, 0.2) is 23.1 Å². The van der Waals surface area contributed by atoms with E-state index in [9.17, 15) is 8.42 Å². The molecule has 112 valence electrons. The summed E-state index contributed by atoms with van der Waals surface area (Å²) in [5, 5.41) is 0. The summed E-state index contributed by atoms with van der Waals surface area (Å²) < 4.78 is 32.9. The Morgan fingerprint density at radius 1 is 1.40 bits per heavy atom. The van der Waals surface area contributed by atoms with Crippen LogP contribution in [0.2, 0.25) is 0 Å². The van der Waals surface area contributed by atoms with Crippen LogP contribution in [0.4, 0.5) is 5.69 Å². The second-order valence-corrected chi connectivity index (χ2v) is 7.68. The predicted molar refractivity (Wildman–Crippen MR) is 78.9 cm³/mol. The van der Waals surface area contributed by atoms with Crippen molar-refractivity contribution in [3.05, 3.63) is 23.8 Å². The third kappa shape index (κ3) is 2.55. The molecule has 1 fully saturated rings. The van der Waals surface area contributed by atoms with Gasteiger partial charge >= 0.3 is 0 Å². The van der Waals surface area contributed by atoms with Gasteiger partial charge in [-0.3, -0.25) is 0 Å². The fourth-order valence-electron chi connectivity index (χ4n) is 2.65. The Bertz CT molecular complexity index is 611. The summed E-state index contributed by atoms with van der Waals surface area (Å²) in [6, 6.07) is 4.82. The van der Waals surface area contributed by atoms with Crippen molar-refractivity contribution in [1.82, 2.24) is 4.72 Å². The molecule has 2 unspecified atom stereocenters. The predicted octanol–water partition coefficient (Wildman–Crippen LogP) is 1.67. The van der Waals surface area contributed by atoms with Crippen molar-refractivity contribution < 1.29 is 13.2 Å². The van der Waals surface area contributed by atoms with Crippen LogP contribution in [0.5, 0.6) is 0 Å². The number of methoxy groups -OCH3 is 1. The maximum atomic E-state index is 12.4. The smallest absolute Gasteiger partial charge is 0.242 e. The molecule has 2 rings (SSSR count). The number of nitrogens with two attached hydrogens (primary N) is 1. The van der Waals surface area contributed by atoms with Crippen molar-refractivity contribution in [3.63, 3.8) is 0 Å². The molecule has 0 aliphatic heterocycles. The van der Waals surface area contributed by atoms with Gasteiger partial charge < -0.3 is 10.5 Å². The maximum absolute atomic E-state index is 12.4. The third-order valence-electron chi connectivity index (χ3n) is 4.21. The van der Waals surface area contributed by atoms with E-state index in [1.807, 2.05) is 20.8 Å². The fourth-order valence-corrected chi connectivity index (χ4v) is 4.17. The van der Waals surface area contributed by atoms with Crippen LogP contribution in [-0.2, 0) is 14.8 Å². The van der Waals surface area contributed by atoms with Gasteiger partial charge in [0.25, 0.3) is 0 Å². The van der Waals surface area contributed by atoms with E-state index in [4.69, 9.17) is 10.5 Å². The van der Waals surface area contributed by atoms with Crippen molar-refractivity contribution in [2.45, 2.75) is 44.2 Å². The zero-order valence-corrected chi connectivity index (χ0v) is 13.1. The third-order valence-corrected chi connectivity index (χ3v) is 5.76. The van der Waals surface area contributed by atoms with Crippen molar-refractivity contribution in [2.24, 2.45) is 5.41 Å². The lowest BCUT2D eigenvalue weighted by Gasteiger charge is -2.50. The summed E-state index contributed by atoms with van der Waals surface area (Å²) in [6.45, 7) is 5.87. The van der Waals surface area contributed by atoms with E-state index in [2.05, 4.69) is 4.72 Å². The lowest BCUT2D eigenvalue weighted by Crippen LogP contribution is -2.61. The van der Waals surface area contributed by atoms with Crippen LogP contribution in [0.1, 0.15) is 25.8 Å². The van der Waals surface area contributed by atoms with Crippen molar-refractivity contribution in [1.29, 1.82) is 0 Å². The van der Waals surface area contributed by atoms with E-state index in [1.165, 1.54) is 0 Å². The summed E-state index contributed by atoms with van der Waals surface area (Å²) in [5.74, 6) is 0. The number of anilines is 1. The second kappa shape index (κ2) is 5.02. The minimum absolute atomic E-state index is 0.0746. The molecule has 3 N–H and O–H groups in total. The molecule has 0 radical (unpaired) electrons. The first-order valence-electron chi connectivity index (χ1n) is 6.59. The van der Waals surface area contributed by atoms with E-state index in [1.54, 1.807) is 25.3 Å². The minimum Gasteiger partial charge on any atom is -0.398 e. The highest BCUT2D eigenvalue weighted by Crippen LogP contribution is 2.43. The lowest BCUT2D eigenvalue weighted by molar-refractivity contribution is -0.0908. The van der Waals surface area contributed by atoms with Gasteiger partial charge in [0.15, 0.2) is 0 Å². The number of rotatable bonds is 4. The average Bonchev–Trinajstić information content (AvgIpc) is 2.33. The van der Waals surface area contributed by atoms with Gasteiger partial charge in [-0.1, -0.05) is 19.9 Å². The Morgan fingerprint density at radius 2 is 2.05 bits per heavy atom. The van der Waals surface area contributed by atoms with Gasteiger partial charge in [0.2, 0.25) is 10.0 Å². The zero-order chi connectivity index (χ0) is 15.1. The number of hydrogen-bond donors (Lipinski definition) is 2. The molecular formula is C14H22N2O3S. The summed E-state index contributed by atoms with van der Waals surface area (Å²) in [7, 11) is -1.95. The number of benzene rings is 1. The van der Waals surface area contributed by atoms with Gasteiger partial charge in [0, 0.05) is 18.6 Å². The van der Waals surface area contributed by atoms with Gasteiger partial charge in [-0.2, -0.15) is 0 Å². The van der Waals surface area contributed by atoms with Crippen molar-refractivity contribution >= 4 is 15.7 Å².